The highest BCUT2D eigenvalue weighted by molar-refractivity contribution is 6.08. The van der Waals surface area contributed by atoms with Crippen LogP contribution in [0.15, 0.2) is 30.3 Å². The molecule has 2 N–H and O–H groups in total. The normalized spacial score (nSPS) is 12.6. The van der Waals surface area contributed by atoms with Crippen molar-refractivity contribution in [2.75, 3.05) is 0 Å². The molecule has 4 nitrogen and oxygen atoms in total. The standard InChI is InChI=1S/C12H11NO3/c1-7(12(15)16)11(14)10-6-8-4-2-3-5-9(8)13-10/h2-7,13H,1H3,(H,15,16). The molecule has 0 spiro atoms. The Labute approximate surface area is 91.9 Å². The van der Waals surface area contributed by atoms with Crippen molar-refractivity contribution >= 4 is 22.7 Å². The largest absolute Gasteiger partial charge is 0.481 e. The highest BCUT2D eigenvalue weighted by Crippen LogP contribution is 2.17. The van der Waals surface area contributed by atoms with Crippen LogP contribution in [0.2, 0.25) is 0 Å². The van der Waals surface area contributed by atoms with Gasteiger partial charge in [-0.15, -0.1) is 0 Å². The lowest BCUT2D eigenvalue weighted by Crippen LogP contribution is -2.20. The van der Waals surface area contributed by atoms with E-state index in [-0.39, 0.29) is 0 Å². The maximum absolute atomic E-state index is 11.7. The van der Waals surface area contributed by atoms with Gasteiger partial charge in [0.25, 0.3) is 0 Å². The summed E-state index contributed by atoms with van der Waals surface area (Å²) in [4.78, 5) is 25.4. The first-order valence-corrected chi connectivity index (χ1v) is 4.94. The average molecular weight is 217 g/mol. The molecule has 0 fully saturated rings. The highest BCUT2D eigenvalue weighted by atomic mass is 16.4. The lowest BCUT2D eigenvalue weighted by atomic mass is 10.0. The second-order valence-corrected chi connectivity index (χ2v) is 3.69. The molecule has 1 aromatic heterocycles. The predicted molar refractivity (Wildman–Crippen MR) is 59.4 cm³/mol. The Kier molecular flexibility index (Phi) is 2.48. The van der Waals surface area contributed by atoms with Crippen LogP contribution in [0.5, 0.6) is 0 Å². The van der Waals surface area contributed by atoms with Crippen LogP contribution in [0.3, 0.4) is 0 Å². The first kappa shape index (κ1) is 10.4. The minimum Gasteiger partial charge on any atom is -0.481 e. The van der Waals surface area contributed by atoms with Crippen LogP contribution in [-0.4, -0.2) is 21.8 Å². The fourth-order valence-electron chi connectivity index (χ4n) is 1.55. The van der Waals surface area contributed by atoms with Crippen molar-refractivity contribution in [3.05, 3.63) is 36.0 Å². The number of ketones is 1. The molecule has 4 heteroatoms. The maximum Gasteiger partial charge on any atom is 0.314 e. The predicted octanol–water partition coefficient (Wildman–Crippen LogP) is 2.07. The molecule has 1 heterocycles. The SMILES string of the molecule is CC(C(=O)O)C(=O)c1cc2ccccc2[nH]1. The van der Waals surface area contributed by atoms with E-state index in [0.29, 0.717) is 5.69 Å². The summed E-state index contributed by atoms with van der Waals surface area (Å²) in [5, 5.41) is 9.66. The number of aromatic nitrogens is 1. The Bertz CT molecular complexity index is 523. The zero-order valence-corrected chi connectivity index (χ0v) is 8.73. The van der Waals surface area contributed by atoms with Gasteiger partial charge in [0.2, 0.25) is 0 Å². The lowest BCUT2D eigenvalue weighted by Gasteiger charge is -2.01. The Morgan fingerprint density at radius 3 is 2.62 bits per heavy atom. The van der Waals surface area contributed by atoms with Crippen molar-refractivity contribution in [1.82, 2.24) is 4.98 Å². The van der Waals surface area contributed by atoms with Gasteiger partial charge < -0.3 is 10.1 Å². The van der Waals surface area contributed by atoms with Gasteiger partial charge in [0.15, 0.2) is 5.78 Å². The number of Topliss-reactive ketones (excluding diaryl/α,β-unsaturated/α-hetero) is 1. The summed E-state index contributed by atoms with van der Waals surface area (Å²) in [6, 6.07) is 9.11. The fourth-order valence-corrected chi connectivity index (χ4v) is 1.55. The number of carbonyl (C=O) groups excluding carboxylic acids is 1. The monoisotopic (exact) mass is 217 g/mol. The number of carbonyl (C=O) groups is 2. The van der Waals surface area contributed by atoms with E-state index in [1.54, 1.807) is 6.07 Å². The van der Waals surface area contributed by atoms with Gasteiger partial charge in [-0.1, -0.05) is 18.2 Å². The van der Waals surface area contributed by atoms with Crippen molar-refractivity contribution in [1.29, 1.82) is 0 Å². The van der Waals surface area contributed by atoms with Gasteiger partial charge in [0, 0.05) is 10.9 Å². The molecule has 0 saturated heterocycles. The number of aromatic amines is 1. The Morgan fingerprint density at radius 1 is 1.31 bits per heavy atom. The summed E-state index contributed by atoms with van der Waals surface area (Å²) in [5.41, 5.74) is 1.18. The summed E-state index contributed by atoms with van der Waals surface area (Å²) in [7, 11) is 0. The highest BCUT2D eigenvalue weighted by Gasteiger charge is 2.23. The van der Waals surface area contributed by atoms with Gasteiger partial charge in [0.05, 0.1) is 5.69 Å². The van der Waals surface area contributed by atoms with Gasteiger partial charge in [-0.2, -0.15) is 0 Å². The minimum atomic E-state index is -1.11. The Hall–Kier alpha value is -2.10. The molecule has 0 aliphatic heterocycles. The molecule has 1 unspecified atom stereocenters. The number of benzene rings is 1. The first-order chi connectivity index (χ1) is 7.59. The van der Waals surface area contributed by atoms with Crippen LogP contribution in [0.1, 0.15) is 17.4 Å². The second kappa shape index (κ2) is 3.81. The molecule has 0 aliphatic carbocycles. The Morgan fingerprint density at radius 2 is 2.00 bits per heavy atom. The number of fused-ring (bicyclic) bond motifs is 1. The molecule has 0 bridgehead atoms. The number of carboxylic acid groups (broad SMARTS) is 1. The third kappa shape index (κ3) is 1.69. The van der Waals surface area contributed by atoms with Gasteiger partial charge in [-0.05, 0) is 19.1 Å². The third-order valence-corrected chi connectivity index (χ3v) is 2.56. The maximum atomic E-state index is 11.7. The summed E-state index contributed by atoms with van der Waals surface area (Å²) in [6.45, 7) is 1.39. The van der Waals surface area contributed by atoms with Crippen LogP contribution < -0.4 is 0 Å². The first-order valence-electron chi connectivity index (χ1n) is 4.94. The molecule has 0 radical (unpaired) electrons. The van der Waals surface area contributed by atoms with Crippen LogP contribution >= 0.6 is 0 Å². The van der Waals surface area contributed by atoms with E-state index < -0.39 is 17.7 Å². The molecule has 2 rings (SSSR count). The lowest BCUT2D eigenvalue weighted by molar-refractivity contribution is -0.139. The number of nitrogens with one attached hydrogen (secondary N) is 1. The minimum absolute atomic E-state index is 0.344. The molecule has 1 aromatic carbocycles. The van der Waals surface area contributed by atoms with Crippen molar-refractivity contribution in [3.63, 3.8) is 0 Å². The number of para-hydroxylation sites is 1. The number of hydrogen-bond acceptors (Lipinski definition) is 2. The molecule has 82 valence electrons. The van der Waals surface area contributed by atoms with Gasteiger partial charge in [0.1, 0.15) is 5.92 Å². The van der Waals surface area contributed by atoms with Crippen LogP contribution in [0, 0.1) is 5.92 Å². The van der Waals surface area contributed by atoms with E-state index in [2.05, 4.69) is 4.98 Å². The molecular weight excluding hydrogens is 206 g/mol. The van der Waals surface area contributed by atoms with Gasteiger partial charge in [-0.3, -0.25) is 9.59 Å². The number of carboxylic acids is 1. The molecule has 0 saturated carbocycles. The number of rotatable bonds is 3. The zero-order chi connectivity index (χ0) is 11.7. The molecular formula is C12H11NO3. The zero-order valence-electron chi connectivity index (χ0n) is 8.73. The average Bonchev–Trinajstić information content (AvgIpc) is 2.70. The van der Waals surface area contributed by atoms with E-state index in [1.165, 1.54) is 6.92 Å². The summed E-state index contributed by atoms with van der Waals surface area (Å²) < 4.78 is 0. The van der Waals surface area contributed by atoms with Crippen molar-refractivity contribution < 1.29 is 14.7 Å². The molecule has 2 aromatic rings. The second-order valence-electron chi connectivity index (χ2n) is 3.69. The van der Waals surface area contributed by atoms with E-state index in [1.807, 2.05) is 24.3 Å². The van der Waals surface area contributed by atoms with Crippen LogP contribution in [-0.2, 0) is 4.79 Å². The van der Waals surface area contributed by atoms with Crippen LogP contribution in [0.25, 0.3) is 10.9 Å². The summed E-state index contributed by atoms with van der Waals surface area (Å²) in [6.07, 6.45) is 0. The number of hydrogen-bond donors (Lipinski definition) is 2. The molecule has 16 heavy (non-hydrogen) atoms. The summed E-state index contributed by atoms with van der Waals surface area (Å²) >= 11 is 0. The molecule has 1 atom stereocenters. The van der Waals surface area contributed by atoms with Gasteiger partial charge in [-0.25, -0.2) is 0 Å². The number of aliphatic carboxylic acids is 1. The van der Waals surface area contributed by atoms with Gasteiger partial charge >= 0.3 is 5.97 Å². The van der Waals surface area contributed by atoms with E-state index in [4.69, 9.17) is 5.11 Å². The van der Waals surface area contributed by atoms with Crippen molar-refractivity contribution in [3.8, 4) is 0 Å². The quantitative estimate of drug-likeness (QED) is 0.610. The van der Waals surface area contributed by atoms with E-state index in [9.17, 15) is 9.59 Å². The van der Waals surface area contributed by atoms with Crippen molar-refractivity contribution in [2.45, 2.75) is 6.92 Å². The number of H-pyrrole nitrogens is 1. The third-order valence-electron chi connectivity index (χ3n) is 2.56. The molecule has 0 amide bonds. The summed E-state index contributed by atoms with van der Waals surface area (Å²) in [5.74, 6) is -2.53. The van der Waals surface area contributed by atoms with Crippen LogP contribution in [0.4, 0.5) is 0 Å². The topological polar surface area (TPSA) is 70.2 Å². The van der Waals surface area contributed by atoms with Crippen molar-refractivity contribution in [2.24, 2.45) is 5.92 Å². The molecule has 0 aliphatic rings. The van der Waals surface area contributed by atoms with E-state index >= 15 is 0 Å². The Balaban J connectivity index is 2.41. The van der Waals surface area contributed by atoms with E-state index in [0.717, 1.165) is 10.9 Å². The fraction of sp³-hybridized carbons (Fsp3) is 0.167. The smallest absolute Gasteiger partial charge is 0.314 e.